The Labute approximate surface area is 160 Å². The highest BCUT2D eigenvalue weighted by Crippen LogP contribution is 2.24. The quantitative estimate of drug-likeness (QED) is 0.739. The second-order valence-corrected chi connectivity index (χ2v) is 6.77. The summed E-state index contributed by atoms with van der Waals surface area (Å²) in [5.74, 6) is -0.217. The van der Waals surface area contributed by atoms with E-state index >= 15 is 0 Å². The molecule has 4 nitrogen and oxygen atoms in total. The number of anilines is 2. The molecule has 4 heteroatoms. The molecule has 1 heterocycles. The molecule has 3 rings (SSSR count). The lowest BCUT2D eigenvalue weighted by atomic mass is 9.97. The van der Waals surface area contributed by atoms with Gasteiger partial charge in [0.05, 0.1) is 5.69 Å². The zero-order valence-electron chi connectivity index (χ0n) is 15.9. The zero-order valence-corrected chi connectivity index (χ0v) is 15.9. The number of carbonyl (C=O) groups excluding carboxylic acids is 2. The van der Waals surface area contributed by atoms with Crippen molar-refractivity contribution in [3.8, 4) is 0 Å². The molecule has 1 aliphatic heterocycles. The van der Waals surface area contributed by atoms with E-state index in [0.717, 1.165) is 11.4 Å². The SMILES string of the molecule is C/C1=C\CNc2ccccc2C(=O)C(C)/C=C/N(C)c2ccccc2C1=O. The molecule has 0 amide bonds. The third-order valence-corrected chi connectivity index (χ3v) is 4.79. The normalized spacial score (nSPS) is 21.2. The summed E-state index contributed by atoms with van der Waals surface area (Å²) in [5, 5.41) is 3.27. The third kappa shape index (κ3) is 4.00. The van der Waals surface area contributed by atoms with Crippen molar-refractivity contribution in [2.24, 2.45) is 5.92 Å². The number of hydrogen-bond donors (Lipinski definition) is 1. The van der Waals surface area contributed by atoms with Gasteiger partial charge in [0.2, 0.25) is 0 Å². The van der Waals surface area contributed by atoms with Gasteiger partial charge >= 0.3 is 0 Å². The molecule has 0 fully saturated rings. The molecular formula is C23H24N2O2. The van der Waals surface area contributed by atoms with Gasteiger partial charge in [0.15, 0.2) is 11.6 Å². The molecule has 1 unspecified atom stereocenters. The summed E-state index contributed by atoms with van der Waals surface area (Å²) in [6.07, 6.45) is 5.59. The smallest absolute Gasteiger partial charge is 0.190 e. The van der Waals surface area contributed by atoms with Crippen LogP contribution in [0.25, 0.3) is 0 Å². The molecule has 2 aromatic carbocycles. The Balaban J connectivity index is 2.07. The Morgan fingerprint density at radius 2 is 1.67 bits per heavy atom. The van der Waals surface area contributed by atoms with Gasteiger partial charge in [-0.25, -0.2) is 0 Å². The Morgan fingerprint density at radius 3 is 2.44 bits per heavy atom. The molecule has 1 atom stereocenters. The molecule has 27 heavy (non-hydrogen) atoms. The monoisotopic (exact) mass is 360 g/mol. The Kier molecular flexibility index (Phi) is 5.55. The largest absolute Gasteiger partial charge is 0.381 e. The number of fused-ring (bicyclic) bond motifs is 2. The summed E-state index contributed by atoms with van der Waals surface area (Å²) in [5.41, 5.74) is 3.57. The number of nitrogens with one attached hydrogen (secondary N) is 1. The molecule has 0 saturated heterocycles. The highest BCUT2D eigenvalue weighted by Gasteiger charge is 2.18. The molecule has 1 N–H and O–H groups in total. The van der Waals surface area contributed by atoms with E-state index in [0.29, 0.717) is 23.2 Å². The van der Waals surface area contributed by atoms with Crippen molar-refractivity contribution in [3.63, 3.8) is 0 Å². The van der Waals surface area contributed by atoms with Gasteiger partial charge in [0.25, 0.3) is 0 Å². The van der Waals surface area contributed by atoms with Crippen molar-refractivity contribution in [1.29, 1.82) is 0 Å². The van der Waals surface area contributed by atoms with Gasteiger partial charge in [-0.05, 0) is 36.8 Å². The second-order valence-electron chi connectivity index (χ2n) is 6.77. The molecule has 138 valence electrons. The minimum atomic E-state index is -0.279. The van der Waals surface area contributed by atoms with Crippen molar-refractivity contribution < 1.29 is 9.59 Å². The highest BCUT2D eigenvalue weighted by atomic mass is 16.1. The van der Waals surface area contributed by atoms with Crippen molar-refractivity contribution in [1.82, 2.24) is 0 Å². The van der Waals surface area contributed by atoms with Crippen LogP contribution in [0.1, 0.15) is 34.6 Å². The van der Waals surface area contributed by atoms with E-state index in [1.807, 2.05) is 92.7 Å². The molecule has 0 aromatic heterocycles. The Hall–Kier alpha value is -3.14. The standard InChI is InChI=1S/C23H24N2O2/c1-16-12-14-24-20-10-6-4-8-18(20)22(26)17(2)13-15-25(3)21-11-7-5-9-19(21)23(16)27/h4-13,15,17,24H,14H2,1-3H3/b15-13+,16-12+. The first-order chi connectivity index (χ1) is 13.0. The predicted octanol–water partition coefficient (Wildman–Crippen LogP) is 4.71. The van der Waals surface area contributed by atoms with Gasteiger partial charge in [-0.1, -0.05) is 43.3 Å². The average Bonchev–Trinajstić information content (AvgIpc) is 2.70. The van der Waals surface area contributed by atoms with Gasteiger partial charge in [0, 0.05) is 42.5 Å². The number of para-hydroxylation sites is 2. The van der Waals surface area contributed by atoms with E-state index in [9.17, 15) is 9.59 Å². The predicted molar refractivity (Wildman–Crippen MR) is 110 cm³/mol. The van der Waals surface area contributed by atoms with Crippen LogP contribution in [0.3, 0.4) is 0 Å². The molecule has 0 bridgehead atoms. The number of nitrogens with zero attached hydrogens (tertiary/aromatic N) is 1. The summed E-state index contributed by atoms with van der Waals surface area (Å²) in [4.78, 5) is 27.7. The lowest BCUT2D eigenvalue weighted by molar-refractivity contribution is 0.0953. The summed E-state index contributed by atoms with van der Waals surface area (Å²) < 4.78 is 0. The van der Waals surface area contributed by atoms with Gasteiger partial charge in [0.1, 0.15) is 0 Å². The van der Waals surface area contributed by atoms with Crippen LogP contribution >= 0.6 is 0 Å². The topological polar surface area (TPSA) is 49.4 Å². The van der Waals surface area contributed by atoms with Crippen LogP contribution in [-0.4, -0.2) is 25.2 Å². The minimum Gasteiger partial charge on any atom is -0.381 e. The highest BCUT2D eigenvalue weighted by molar-refractivity contribution is 6.12. The van der Waals surface area contributed by atoms with Crippen LogP contribution in [0.4, 0.5) is 11.4 Å². The molecule has 0 aliphatic carbocycles. The number of Topliss-reactive ketones (excluding diaryl/α,β-unsaturated/α-hetero) is 2. The number of benzene rings is 2. The minimum absolute atomic E-state index is 0.00196. The van der Waals surface area contributed by atoms with E-state index in [1.54, 1.807) is 0 Å². The first kappa shape index (κ1) is 18.6. The fraction of sp³-hybridized carbons (Fsp3) is 0.217. The van der Waals surface area contributed by atoms with E-state index in [4.69, 9.17) is 0 Å². The molecule has 0 spiro atoms. The summed E-state index contributed by atoms with van der Waals surface area (Å²) in [6, 6.07) is 15.0. The van der Waals surface area contributed by atoms with Crippen LogP contribution in [0, 0.1) is 5.92 Å². The molecule has 0 radical (unpaired) electrons. The number of allylic oxidation sites excluding steroid dienone is 2. The van der Waals surface area contributed by atoms with E-state index in [2.05, 4.69) is 5.32 Å². The first-order valence-electron chi connectivity index (χ1n) is 9.08. The lowest BCUT2D eigenvalue weighted by Crippen LogP contribution is -2.17. The van der Waals surface area contributed by atoms with Crippen molar-refractivity contribution >= 4 is 22.9 Å². The van der Waals surface area contributed by atoms with E-state index in [1.165, 1.54) is 0 Å². The van der Waals surface area contributed by atoms with Crippen molar-refractivity contribution in [2.45, 2.75) is 13.8 Å². The maximum atomic E-state index is 12.9. The van der Waals surface area contributed by atoms with Gasteiger partial charge in [-0.3, -0.25) is 9.59 Å². The zero-order chi connectivity index (χ0) is 19.4. The molecular weight excluding hydrogens is 336 g/mol. The van der Waals surface area contributed by atoms with E-state index in [-0.39, 0.29) is 17.5 Å². The average molecular weight is 360 g/mol. The number of hydrogen-bond acceptors (Lipinski definition) is 4. The molecule has 2 aromatic rings. The number of ketones is 2. The fourth-order valence-corrected chi connectivity index (χ4v) is 3.12. The molecule has 1 aliphatic rings. The summed E-state index contributed by atoms with van der Waals surface area (Å²) >= 11 is 0. The van der Waals surface area contributed by atoms with Crippen LogP contribution in [0.5, 0.6) is 0 Å². The second kappa shape index (κ2) is 8.04. The number of rotatable bonds is 0. The van der Waals surface area contributed by atoms with Crippen LogP contribution < -0.4 is 10.2 Å². The Morgan fingerprint density at radius 1 is 1.00 bits per heavy atom. The molecule has 0 saturated carbocycles. The first-order valence-corrected chi connectivity index (χ1v) is 9.08. The van der Waals surface area contributed by atoms with E-state index < -0.39 is 0 Å². The lowest BCUT2D eigenvalue weighted by Gasteiger charge is -2.20. The van der Waals surface area contributed by atoms with Gasteiger partial charge < -0.3 is 10.2 Å². The van der Waals surface area contributed by atoms with Gasteiger partial charge in [-0.2, -0.15) is 0 Å². The maximum absolute atomic E-state index is 12.9. The Bertz CT molecular complexity index is 927. The van der Waals surface area contributed by atoms with Crippen molar-refractivity contribution in [2.75, 3.05) is 23.8 Å². The van der Waals surface area contributed by atoms with Crippen molar-refractivity contribution in [3.05, 3.63) is 83.6 Å². The third-order valence-electron chi connectivity index (χ3n) is 4.79. The van der Waals surface area contributed by atoms with Crippen LogP contribution in [0.2, 0.25) is 0 Å². The summed E-state index contributed by atoms with van der Waals surface area (Å²) in [6.45, 7) is 4.18. The maximum Gasteiger partial charge on any atom is 0.190 e. The summed E-state index contributed by atoms with van der Waals surface area (Å²) in [7, 11) is 1.89. The fourth-order valence-electron chi connectivity index (χ4n) is 3.12. The van der Waals surface area contributed by atoms with Crippen LogP contribution in [0.15, 0.2) is 72.5 Å². The number of carbonyl (C=O) groups is 2. The van der Waals surface area contributed by atoms with Gasteiger partial charge in [-0.15, -0.1) is 0 Å². The van der Waals surface area contributed by atoms with Crippen LogP contribution in [-0.2, 0) is 0 Å².